The van der Waals surface area contributed by atoms with Crippen LogP contribution in [0.15, 0.2) is 18.2 Å². The number of benzene rings is 1. The predicted octanol–water partition coefficient (Wildman–Crippen LogP) is 2.05. The maximum atomic E-state index is 12.9. The Morgan fingerprint density at radius 2 is 2.19 bits per heavy atom. The molecule has 0 amide bonds. The van der Waals surface area contributed by atoms with E-state index in [0.717, 1.165) is 31.0 Å². The molecular formula is C10H8FNO4. The number of hydrogen-bond donors (Lipinski definition) is 0. The minimum atomic E-state index is -0.713. The molecule has 0 bridgehead atoms. The van der Waals surface area contributed by atoms with E-state index in [-0.39, 0.29) is 11.7 Å². The number of esters is 1. The topological polar surface area (TPSA) is 69.4 Å². The highest BCUT2D eigenvalue weighted by atomic mass is 19.1. The minimum absolute atomic E-state index is 0.192. The number of hydrogen-bond acceptors (Lipinski definition) is 4. The van der Waals surface area contributed by atoms with Gasteiger partial charge < -0.3 is 4.74 Å². The molecule has 0 heterocycles. The van der Waals surface area contributed by atoms with Gasteiger partial charge in [0.1, 0.15) is 5.82 Å². The van der Waals surface area contributed by atoms with E-state index in [1.807, 2.05) is 0 Å². The highest BCUT2D eigenvalue weighted by molar-refractivity contribution is 5.78. The molecule has 16 heavy (non-hydrogen) atoms. The predicted molar refractivity (Wildman–Crippen MR) is 51.4 cm³/mol. The van der Waals surface area contributed by atoms with Crippen LogP contribution in [0, 0.1) is 21.8 Å². The number of nitro groups is 1. The average molecular weight is 225 g/mol. The second-order valence-electron chi connectivity index (χ2n) is 3.56. The van der Waals surface area contributed by atoms with Crippen molar-refractivity contribution >= 4 is 11.7 Å². The van der Waals surface area contributed by atoms with Crippen LogP contribution in [0.2, 0.25) is 0 Å². The summed E-state index contributed by atoms with van der Waals surface area (Å²) in [5.74, 6) is -1.73. The summed E-state index contributed by atoms with van der Waals surface area (Å²) in [5.41, 5.74) is -0.407. The molecule has 0 N–H and O–H groups in total. The van der Waals surface area contributed by atoms with Crippen molar-refractivity contribution in [3.05, 3.63) is 34.1 Å². The lowest BCUT2D eigenvalue weighted by Gasteiger charge is -2.03. The minimum Gasteiger partial charge on any atom is -0.419 e. The lowest BCUT2D eigenvalue weighted by atomic mass is 10.3. The van der Waals surface area contributed by atoms with E-state index in [9.17, 15) is 19.3 Å². The van der Waals surface area contributed by atoms with Crippen LogP contribution in [0.4, 0.5) is 10.1 Å². The molecule has 1 fully saturated rings. The summed E-state index contributed by atoms with van der Waals surface area (Å²) < 4.78 is 17.7. The maximum Gasteiger partial charge on any atom is 0.314 e. The van der Waals surface area contributed by atoms with Crippen LogP contribution >= 0.6 is 0 Å². The zero-order valence-electron chi connectivity index (χ0n) is 8.18. The standard InChI is InChI=1S/C10H8FNO4/c11-7-3-4-8(12(14)15)9(5-7)16-10(13)6-1-2-6/h3-6H,1-2H2. The first-order valence-electron chi connectivity index (χ1n) is 4.73. The first kappa shape index (κ1) is 10.5. The zero-order valence-corrected chi connectivity index (χ0v) is 8.18. The normalized spacial score (nSPS) is 14.6. The first-order valence-corrected chi connectivity index (χ1v) is 4.73. The van der Waals surface area contributed by atoms with Crippen LogP contribution in [0.1, 0.15) is 12.8 Å². The number of nitro benzene ring substituents is 1. The molecule has 1 aliphatic rings. The van der Waals surface area contributed by atoms with Gasteiger partial charge in [0.2, 0.25) is 5.75 Å². The fraction of sp³-hybridized carbons (Fsp3) is 0.300. The maximum absolute atomic E-state index is 12.9. The van der Waals surface area contributed by atoms with Gasteiger partial charge in [0.05, 0.1) is 10.8 Å². The van der Waals surface area contributed by atoms with Crippen molar-refractivity contribution in [2.45, 2.75) is 12.8 Å². The number of carbonyl (C=O) groups excluding carboxylic acids is 1. The highest BCUT2D eigenvalue weighted by Gasteiger charge is 2.33. The monoisotopic (exact) mass is 225 g/mol. The van der Waals surface area contributed by atoms with Crippen molar-refractivity contribution in [1.29, 1.82) is 0 Å². The Balaban J connectivity index is 2.26. The molecule has 0 aromatic heterocycles. The zero-order chi connectivity index (χ0) is 11.7. The van der Waals surface area contributed by atoms with Crippen molar-refractivity contribution in [1.82, 2.24) is 0 Å². The molecule has 2 rings (SSSR count). The Morgan fingerprint density at radius 3 is 2.75 bits per heavy atom. The van der Waals surface area contributed by atoms with E-state index in [4.69, 9.17) is 4.74 Å². The lowest BCUT2D eigenvalue weighted by molar-refractivity contribution is -0.385. The van der Waals surface area contributed by atoms with Gasteiger partial charge in [0.25, 0.3) is 0 Å². The number of nitrogens with zero attached hydrogens (tertiary/aromatic N) is 1. The molecule has 0 saturated heterocycles. The third kappa shape index (κ3) is 2.16. The van der Waals surface area contributed by atoms with Gasteiger partial charge in [-0.2, -0.15) is 0 Å². The van der Waals surface area contributed by atoms with Crippen molar-refractivity contribution in [2.24, 2.45) is 5.92 Å². The Hall–Kier alpha value is -1.98. The van der Waals surface area contributed by atoms with Gasteiger partial charge >= 0.3 is 11.7 Å². The number of carbonyl (C=O) groups is 1. The van der Waals surface area contributed by atoms with Crippen LogP contribution < -0.4 is 4.74 Å². The van der Waals surface area contributed by atoms with E-state index in [1.165, 1.54) is 0 Å². The third-order valence-electron chi connectivity index (χ3n) is 2.24. The smallest absolute Gasteiger partial charge is 0.314 e. The molecule has 1 aromatic carbocycles. The second-order valence-corrected chi connectivity index (χ2v) is 3.56. The van der Waals surface area contributed by atoms with Gasteiger partial charge in [-0.1, -0.05) is 0 Å². The average Bonchev–Trinajstić information content (AvgIpc) is 2.99. The number of ether oxygens (including phenoxy) is 1. The molecule has 0 spiro atoms. The summed E-state index contributed by atoms with van der Waals surface area (Å²) in [6.45, 7) is 0. The first-order chi connectivity index (χ1) is 7.58. The quantitative estimate of drug-likeness (QED) is 0.341. The van der Waals surface area contributed by atoms with Gasteiger partial charge in [0, 0.05) is 12.1 Å². The Kier molecular flexibility index (Phi) is 2.55. The molecule has 5 nitrogen and oxygen atoms in total. The SMILES string of the molecule is O=C(Oc1cc(F)ccc1[N+](=O)[O-])C1CC1. The molecule has 1 aliphatic carbocycles. The van der Waals surface area contributed by atoms with Gasteiger partial charge in [0.15, 0.2) is 0 Å². The van der Waals surface area contributed by atoms with Gasteiger partial charge in [-0.15, -0.1) is 0 Å². The third-order valence-corrected chi connectivity index (χ3v) is 2.24. The Bertz CT molecular complexity index is 456. The Labute approximate surface area is 90.0 Å². The lowest BCUT2D eigenvalue weighted by Crippen LogP contribution is -2.11. The van der Waals surface area contributed by atoms with Crippen molar-refractivity contribution in [2.75, 3.05) is 0 Å². The van der Waals surface area contributed by atoms with Crippen LogP contribution in [0.5, 0.6) is 5.75 Å². The fourth-order valence-electron chi connectivity index (χ4n) is 1.23. The number of rotatable bonds is 3. The molecule has 0 aliphatic heterocycles. The summed E-state index contributed by atoms with van der Waals surface area (Å²) in [6.07, 6.45) is 1.45. The van der Waals surface area contributed by atoms with Crippen molar-refractivity contribution in [3.8, 4) is 5.75 Å². The molecular weight excluding hydrogens is 217 g/mol. The Morgan fingerprint density at radius 1 is 1.50 bits per heavy atom. The van der Waals surface area contributed by atoms with Crippen molar-refractivity contribution in [3.63, 3.8) is 0 Å². The van der Waals surface area contributed by atoms with Crippen LogP contribution in [-0.4, -0.2) is 10.9 Å². The molecule has 6 heteroatoms. The second kappa shape index (κ2) is 3.88. The van der Waals surface area contributed by atoms with Crippen LogP contribution in [0.25, 0.3) is 0 Å². The van der Waals surface area contributed by atoms with Crippen molar-refractivity contribution < 1.29 is 18.8 Å². The summed E-state index contributed by atoms with van der Waals surface area (Å²) >= 11 is 0. The summed E-state index contributed by atoms with van der Waals surface area (Å²) in [5, 5.41) is 10.6. The largest absolute Gasteiger partial charge is 0.419 e. The van der Waals surface area contributed by atoms with Gasteiger partial charge in [-0.05, 0) is 18.9 Å². The fourth-order valence-corrected chi connectivity index (χ4v) is 1.23. The summed E-state index contributed by atoms with van der Waals surface area (Å²) in [7, 11) is 0. The number of halogens is 1. The highest BCUT2D eigenvalue weighted by Crippen LogP contribution is 2.33. The molecule has 1 aromatic rings. The van der Waals surface area contributed by atoms with Crippen LogP contribution in [0.3, 0.4) is 0 Å². The van der Waals surface area contributed by atoms with E-state index in [2.05, 4.69) is 0 Å². The van der Waals surface area contributed by atoms with E-state index in [0.29, 0.717) is 0 Å². The summed E-state index contributed by atoms with van der Waals surface area (Å²) in [4.78, 5) is 21.2. The van der Waals surface area contributed by atoms with Gasteiger partial charge in [-0.25, -0.2) is 4.39 Å². The summed E-state index contributed by atoms with van der Waals surface area (Å²) in [6, 6.07) is 2.77. The molecule has 0 atom stereocenters. The van der Waals surface area contributed by atoms with Gasteiger partial charge in [-0.3, -0.25) is 14.9 Å². The molecule has 1 saturated carbocycles. The molecule has 0 radical (unpaired) electrons. The van der Waals surface area contributed by atoms with E-state index >= 15 is 0 Å². The van der Waals surface area contributed by atoms with E-state index < -0.39 is 22.4 Å². The van der Waals surface area contributed by atoms with Crippen LogP contribution in [-0.2, 0) is 4.79 Å². The van der Waals surface area contributed by atoms with E-state index in [1.54, 1.807) is 0 Å². The molecule has 84 valence electrons. The molecule has 0 unspecified atom stereocenters.